The molecular formula is C16H21N3O3S. The second-order valence-electron chi connectivity index (χ2n) is 5.70. The Hall–Kier alpha value is -1.70. The number of carbonyl (C=O) groups excluding carboxylic acids is 1. The number of aliphatic hydroxyl groups excluding tert-OH is 1. The Bertz CT molecular complexity index is 618. The van der Waals surface area contributed by atoms with Crippen LogP contribution in [-0.4, -0.2) is 53.2 Å². The molecular weight excluding hydrogens is 314 g/mol. The van der Waals surface area contributed by atoms with Crippen LogP contribution in [0.15, 0.2) is 28.2 Å². The van der Waals surface area contributed by atoms with Gasteiger partial charge in [0.25, 0.3) is 5.91 Å². The Labute approximate surface area is 139 Å². The summed E-state index contributed by atoms with van der Waals surface area (Å²) in [5.74, 6) is 0.537. The van der Waals surface area contributed by atoms with E-state index in [4.69, 9.17) is 4.42 Å². The van der Waals surface area contributed by atoms with Gasteiger partial charge in [-0.15, -0.1) is 11.3 Å². The fourth-order valence-corrected chi connectivity index (χ4v) is 3.40. The van der Waals surface area contributed by atoms with Crippen molar-refractivity contribution in [2.45, 2.75) is 25.4 Å². The van der Waals surface area contributed by atoms with Gasteiger partial charge in [-0.3, -0.25) is 4.79 Å². The second-order valence-corrected chi connectivity index (χ2v) is 6.56. The number of furan rings is 1. The molecule has 0 spiro atoms. The van der Waals surface area contributed by atoms with E-state index in [0.29, 0.717) is 23.0 Å². The van der Waals surface area contributed by atoms with Crippen LogP contribution in [0.3, 0.4) is 0 Å². The van der Waals surface area contributed by atoms with Gasteiger partial charge in [0, 0.05) is 25.0 Å². The predicted octanol–water partition coefficient (Wildman–Crippen LogP) is 1.98. The lowest BCUT2D eigenvalue weighted by atomic mass is 10.1. The van der Waals surface area contributed by atoms with E-state index in [-0.39, 0.29) is 12.0 Å². The van der Waals surface area contributed by atoms with Gasteiger partial charge in [-0.25, -0.2) is 4.98 Å². The average Bonchev–Trinajstić information content (AvgIpc) is 3.23. The first-order chi connectivity index (χ1) is 11.2. The summed E-state index contributed by atoms with van der Waals surface area (Å²) in [7, 11) is 0. The molecule has 3 heterocycles. The van der Waals surface area contributed by atoms with Crippen molar-refractivity contribution in [2.75, 3.05) is 26.2 Å². The van der Waals surface area contributed by atoms with Crippen LogP contribution in [0.2, 0.25) is 0 Å². The quantitative estimate of drug-likeness (QED) is 0.789. The number of aliphatic hydroxyl groups is 1. The number of aromatic nitrogens is 1. The molecule has 0 radical (unpaired) electrons. The van der Waals surface area contributed by atoms with Gasteiger partial charge in [-0.05, 0) is 37.9 Å². The number of nitrogens with zero attached hydrogens (tertiary/aromatic N) is 2. The monoisotopic (exact) mass is 335 g/mol. The van der Waals surface area contributed by atoms with E-state index < -0.39 is 0 Å². The minimum Gasteiger partial charge on any atom is -0.462 e. The summed E-state index contributed by atoms with van der Waals surface area (Å²) < 4.78 is 5.28. The molecule has 0 bridgehead atoms. The predicted molar refractivity (Wildman–Crippen MR) is 88.4 cm³/mol. The first-order valence-corrected chi connectivity index (χ1v) is 8.78. The third-order valence-electron chi connectivity index (χ3n) is 3.96. The molecule has 1 aliphatic heterocycles. The summed E-state index contributed by atoms with van der Waals surface area (Å²) in [4.78, 5) is 18.7. The molecule has 3 rings (SSSR count). The molecule has 0 saturated carbocycles. The van der Waals surface area contributed by atoms with Crippen LogP contribution in [0.1, 0.15) is 29.8 Å². The van der Waals surface area contributed by atoms with Crippen LogP contribution in [-0.2, 0) is 0 Å². The molecule has 124 valence electrons. The number of rotatable bonds is 6. The van der Waals surface area contributed by atoms with Gasteiger partial charge >= 0.3 is 0 Å². The summed E-state index contributed by atoms with van der Waals surface area (Å²) in [6, 6.07) is 3.63. The van der Waals surface area contributed by atoms with Gasteiger partial charge in [0.15, 0.2) is 10.8 Å². The Morgan fingerprint density at radius 1 is 1.48 bits per heavy atom. The first kappa shape index (κ1) is 16.2. The van der Waals surface area contributed by atoms with E-state index in [0.717, 1.165) is 38.9 Å². The van der Waals surface area contributed by atoms with Crippen LogP contribution in [0.5, 0.6) is 0 Å². The van der Waals surface area contributed by atoms with Crippen molar-refractivity contribution in [2.24, 2.45) is 0 Å². The summed E-state index contributed by atoms with van der Waals surface area (Å²) in [6.07, 6.45) is 4.05. The standard InChI is InChI=1S/C16H21N3O3S/c20-12-4-8-19(9-5-12)7-2-6-17-15(21)13-11-23-16(18-13)14-3-1-10-22-14/h1,3,10-12,20H,2,4-9H2,(H,17,21). The topological polar surface area (TPSA) is 78.6 Å². The van der Waals surface area contributed by atoms with E-state index in [9.17, 15) is 9.90 Å². The third-order valence-corrected chi connectivity index (χ3v) is 4.82. The van der Waals surface area contributed by atoms with E-state index in [1.807, 2.05) is 6.07 Å². The molecule has 0 atom stereocenters. The number of hydrogen-bond donors (Lipinski definition) is 2. The zero-order valence-electron chi connectivity index (χ0n) is 12.9. The summed E-state index contributed by atoms with van der Waals surface area (Å²) >= 11 is 1.40. The van der Waals surface area contributed by atoms with E-state index >= 15 is 0 Å². The number of likely N-dealkylation sites (tertiary alicyclic amines) is 1. The maximum atomic E-state index is 12.1. The molecule has 2 aromatic rings. The molecule has 0 aromatic carbocycles. The lowest BCUT2D eigenvalue weighted by molar-refractivity contribution is 0.0816. The molecule has 1 amide bonds. The zero-order chi connectivity index (χ0) is 16.1. The highest BCUT2D eigenvalue weighted by atomic mass is 32.1. The fourth-order valence-electron chi connectivity index (χ4n) is 2.63. The maximum absolute atomic E-state index is 12.1. The largest absolute Gasteiger partial charge is 0.462 e. The number of amides is 1. The summed E-state index contributed by atoms with van der Waals surface area (Å²) in [5.41, 5.74) is 0.433. The summed E-state index contributed by atoms with van der Waals surface area (Å²) in [5, 5.41) is 14.8. The van der Waals surface area contributed by atoms with E-state index in [1.54, 1.807) is 17.7 Å². The Morgan fingerprint density at radius 3 is 3.04 bits per heavy atom. The van der Waals surface area contributed by atoms with Crippen LogP contribution >= 0.6 is 11.3 Å². The summed E-state index contributed by atoms with van der Waals surface area (Å²) in [6.45, 7) is 3.45. The Kier molecular flexibility index (Phi) is 5.43. The molecule has 1 fully saturated rings. The first-order valence-electron chi connectivity index (χ1n) is 7.90. The Morgan fingerprint density at radius 2 is 2.30 bits per heavy atom. The molecule has 0 aliphatic carbocycles. The molecule has 6 nitrogen and oxygen atoms in total. The van der Waals surface area contributed by atoms with Gasteiger partial charge in [0.05, 0.1) is 12.4 Å². The fraction of sp³-hybridized carbons (Fsp3) is 0.500. The highest BCUT2D eigenvalue weighted by molar-refractivity contribution is 7.13. The third kappa shape index (κ3) is 4.40. The molecule has 2 aromatic heterocycles. The highest BCUT2D eigenvalue weighted by Gasteiger charge is 2.16. The smallest absolute Gasteiger partial charge is 0.270 e. The molecule has 1 saturated heterocycles. The van der Waals surface area contributed by atoms with Crippen LogP contribution in [0.25, 0.3) is 10.8 Å². The molecule has 23 heavy (non-hydrogen) atoms. The lowest BCUT2D eigenvalue weighted by Crippen LogP contribution is -2.37. The van der Waals surface area contributed by atoms with Gasteiger partial charge in [0.1, 0.15) is 5.69 Å². The number of nitrogens with one attached hydrogen (secondary N) is 1. The van der Waals surface area contributed by atoms with Crippen LogP contribution in [0, 0.1) is 0 Å². The van der Waals surface area contributed by atoms with Gasteiger partial charge < -0.3 is 19.7 Å². The zero-order valence-corrected chi connectivity index (χ0v) is 13.7. The molecule has 7 heteroatoms. The second kappa shape index (κ2) is 7.72. The minimum absolute atomic E-state index is 0.140. The van der Waals surface area contributed by atoms with Crippen molar-refractivity contribution in [1.29, 1.82) is 0 Å². The van der Waals surface area contributed by atoms with Crippen molar-refractivity contribution < 1.29 is 14.3 Å². The van der Waals surface area contributed by atoms with Crippen molar-refractivity contribution >= 4 is 17.2 Å². The van der Waals surface area contributed by atoms with Gasteiger partial charge in [-0.2, -0.15) is 0 Å². The van der Waals surface area contributed by atoms with Gasteiger partial charge in [-0.1, -0.05) is 0 Å². The average molecular weight is 335 g/mol. The maximum Gasteiger partial charge on any atom is 0.270 e. The number of carbonyl (C=O) groups is 1. The number of thiazole rings is 1. The number of piperidine rings is 1. The van der Waals surface area contributed by atoms with E-state index in [1.165, 1.54) is 11.3 Å². The van der Waals surface area contributed by atoms with Crippen molar-refractivity contribution in [3.05, 3.63) is 29.5 Å². The van der Waals surface area contributed by atoms with E-state index in [2.05, 4.69) is 15.2 Å². The Balaban J connectivity index is 1.40. The molecule has 2 N–H and O–H groups in total. The van der Waals surface area contributed by atoms with Gasteiger partial charge in [0.2, 0.25) is 0 Å². The minimum atomic E-state index is -0.145. The molecule has 0 unspecified atom stereocenters. The van der Waals surface area contributed by atoms with Crippen LogP contribution < -0.4 is 5.32 Å². The number of hydrogen-bond acceptors (Lipinski definition) is 6. The van der Waals surface area contributed by atoms with Crippen molar-refractivity contribution in [1.82, 2.24) is 15.2 Å². The SMILES string of the molecule is O=C(NCCCN1CCC(O)CC1)c1csc(-c2ccco2)n1. The molecule has 1 aliphatic rings. The van der Waals surface area contributed by atoms with Crippen molar-refractivity contribution in [3.8, 4) is 10.8 Å². The van der Waals surface area contributed by atoms with Crippen LogP contribution in [0.4, 0.5) is 0 Å². The lowest BCUT2D eigenvalue weighted by Gasteiger charge is -2.29. The van der Waals surface area contributed by atoms with Crippen molar-refractivity contribution in [3.63, 3.8) is 0 Å². The highest BCUT2D eigenvalue weighted by Crippen LogP contribution is 2.23. The normalized spacial score (nSPS) is 16.6.